The van der Waals surface area contributed by atoms with Gasteiger partial charge in [-0.05, 0) is 13.0 Å². The number of carbonyl (C=O) groups excluding carboxylic acids is 3. The number of halogens is 2. The van der Waals surface area contributed by atoms with Crippen molar-refractivity contribution < 1.29 is 49.0 Å². The predicted octanol–water partition coefficient (Wildman–Crippen LogP) is 1.98. The van der Waals surface area contributed by atoms with Crippen LogP contribution in [0.1, 0.15) is 68.8 Å². The van der Waals surface area contributed by atoms with Gasteiger partial charge in [0.25, 0.3) is 0 Å². The van der Waals surface area contributed by atoms with Crippen molar-refractivity contribution in [1.82, 2.24) is 0 Å². The van der Waals surface area contributed by atoms with Crippen LogP contribution < -0.4 is 10.5 Å². The molecule has 1 saturated heterocycles. The summed E-state index contributed by atoms with van der Waals surface area (Å²) in [6.45, 7) is 1.61. The summed E-state index contributed by atoms with van der Waals surface area (Å²) in [6.07, 6.45) is -4.62. The molecule has 1 fully saturated rings. The van der Waals surface area contributed by atoms with Gasteiger partial charge in [-0.2, -0.15) is 0 Å². The molecule has 13 heteroatoms. The number of hydrogen-bond acceptors (Lipinski definition) is 11. The smallest absolute Gasteiger partial charge is 0.202 e. The Morgan fingerprint density at radius 3 is 2.48 bits per heavy atom. The van der Waals surface area contributed by atoms with E-state index in [1.807, 2.05) is 0 Å². The molecule has 2 aromatic rings. The van der Waals surface area contributed by atoms with E-state index in [0.717, 1.165) is 0 Å². The number of ether oxygens (including phenoxy) is 3. The zero-order valence-electron chi connectivity index (χ0n) is 21.5. The Hall–Kier alpha value is -2.39. The second kappa shape index (κ2) is 11.1. The first kappa shape index (κ1) is 30.6. The van der Waals surface area contributed by atoms with Crippen molar-refractivity contribution in [1.29, 1.82) is 0 Å². The van der Waals surface area contributed by atoms with E-state index >= 15 is 0 Å². The zero-order chi connectivity index (χ0) is 28.4. The minimum atomic E-state index is -2.04. The van der Waals surface area contributed by atoms with Crippen LogP contribution in [-0.2, 0) is 20.7 Å². The second-order valence-electron chi connectivity index (χ2n) is 10.1. The third-order valence-electron chi connectivity index (χ3n) is 7.78. The number of phenols is 2. The number of alkyl halides is 1. The van der Waals surface area contributed by atoms with E-state index in [1.54, 1.807) is 6.92 Å². The third kappa shape index (κ3) is 4.67. The van der Waals surface area contributed by atoms with Crippen LogP contribution in [-0.4, -0.2) is 80.4 Å². The number of benzene rings is 2. The molecule has 40 heavy (non-hydrogen) atoms. The summed E-state index contributed by atoms with van der Waals surface area (Å²) in [5.41, 5.74) is 2.91. The Morgan fingerprint density at radius 1 is 1.18 bits per heavy atom. The number of phenolic OH excluding ortho intramolecular Hbond substituents is 2. The van der Waals surface area contributed by atoms with E-state index < -0.39 is 82.6 Å². The molecule has 5 rings (SSSR count). The third-order valence-corrected chi connectivity index (χ3v) is 8.29. The Labute approximate surface area is 248 Å². The second-order valence-corrected chi connectivity index (χ2v) is 10.7. The molecular formula is C27H29Br2NO10. The summed E-state index contributed by atoms with van der Waals surface area (Å²) in [4.78, 5) is 40.0. The molecular weight excluding hydrogens is 658 g/mol. The standard InChI is InChI=1S/C27H28BrNO10.BrH/c1-10-22(31)13(29)6-17(38-10)39-15-8-27(36,16(30)9-28)7-12-19(15)26(35)21-20(24(12)33)23(32)11-4-3-5-14(37-2)18(11)25(21)34;/h3-5,10,13,15,17,22,31,33,35-36H,6-9,29H2,1-2H3;1H/t10-,13+,15-,17-,22+,27-;/m0./s1. The van der Waals surface area contributed by atoms with E-state index in [1.165, 1.54) is 25.3 Å². The van der Waals surface area contributed by atoms with E-state index in [0.29, 0.717) is 0 Å². The first-order chi connectivity index (χ1) is 18.4. The monoisotopic (exact) mass is 685 g/mol. The highest BCUT2D eigenvalue weighted by Gasteiger charge is 2.50. The number of methoxy groups -OCH3 is 1. The Kier molecular flexibility index (Phi) is 8.50. The number of fused-ring (bicyclic) bond motifs is 3. The van der Waals surface area contributed by atoms with E-state index in [2.05, 4.69) is 15.9 Å². The molecule has 6 N–H and O–H groups in total. The molecule has 0 bridgehead atoms. The minimum Gasteiger partial charge on any atom is -0.507 e. The van der Waals surface area contributed by atoms with E-state index in [4.69, 9.17) is 19.9 Å². The first-order valence-corrected chi connectivity index (χ1v) is 13.5. The van der Waals surface area contributed by atoms with Gasteiger partial charge in [0.1, 0.15) is 22.8 Å². The average Bonchev–Trinajstić information content (AvgIpc) is 2.90. The number of carbonyl (C=O) groups is 3. The van der Waals surface area contributed by atoms with Crippen molar-refractivity contribution in [3.8, 4) is 17.2 Å². The highest BCUT2D eigenvalue weighted by atomic mass is 79.9. The maximum atomic E-state index is 13.7. The fourth-order valence-corrected chi connectivity index (χ4v) is 6.25. The lowest BCUT2D eigenvalue weighted by Gasteiger charge is -2.42. The zero-order valence-corrected chi connectivity index (χ0v) is 24.8. The average molecular weight is 687 g/mol. The first-order valence-electron chi connectivity index (χ1n) is 12.4. The van der Waals surface area contributed by atoms with Gasteiger partial charge in [-0.25, -0.2) is 0 Å². The summed E-state index contributed by atoms with van der Waals surface area (Å²) < 4.78 is 17.1. The molecule has 0 unspecified atom stereocenters. The van der Waals surface area contributed by atoms with Crippen LogP contribution in [0, 0.1) is 0 Å². The van der Waals surface area contributed by atoms with Gasteiger partial charge < -0.3 is 40.4 Å². The molecule has 216 valence electrons. The molecule has 0 radical (unpaired) electrons. The molecule has 0 aromatic heterocycles. The topological polar surface area (TPSA) is 186 Å². The van der Waals surface area contributed by atoms with E-state index in [9.17, 15) is 34.8 Å². The number of Topliss-reactive ketones (excluding diaryl/α,β-unsaturated/α-hetero) is 1. The lowest BCUT2D eigenvalue weighted by atomic mass is 9.72. The summed E-state index contributed by atoms with van der Waals surface area (Å²) in [7, 11) is 1.34. The van der Waals surface area contributed by atoms with Gasteiger partial charge in [0, 0.05) is 42.0 Å². The summed E-state index contributed by atoms with van der Waals surface area (Å²) >= 11 is 3.07. The van der Waals surface area contributed by atoms with Crippen LogP contribution in [0.2, 0.25) is 0 Å². The number of aliphatic hydroxyl groups excluding tert-OH is 1. The normalized spacial score (nSPS) is 29.1. The van der Waals surface area contributed by atoms with Crippen LogP contribution in [0.25, 0.3) is 0 Å². The number of nitrogens with two attached hydrogens (primary N) is 1. The molecule has 6 atom stereocenters. The number of hydrogen-bond donors (Lipinski definition) is 5. The quantitative estimate of drug-likeness (QED) is 0.195. The number of aromatic hydroxyl groups is 2. The van der Waals surface area contributed by atoms with Crippen molar-refractivity contribution in [2.45, 2.75) is 62.4 Å². The molecule has 0 amide bonds. The van der Waals surface area contributed by atoms with Crippen LogP contribution >= 0.6 is 32.9 Å². The van der Waals surface area contributed by atoms with Crippen molar-refractivity contribution >= 4 is 50.3 Å². The summed E-state index contributed by atoms with van der Waals surface area (Å²) in [5.74, 6) is -3.20. The fourth-order valence-electron chi connectivity index (χ4n) is 5.73. The van der Waals surface area contributed by atoms with Crippen molar-refractivity contribution in [2.24, 2.45) is 5.73 Å². The molecule has 0 saturated carbocycles. The highest BCUT2D eigenvalue weighted by Crippen LogP contribution is 2.52. The van der Waals surface area contributed by atoms with Gasteiger partial charge in [-0.3, -0.25) is 14.4 Å². The Balaban J connectivity index is 0.00000370. The molecule has 1 heterocycles. The molecule has 11 nitrogen and oxygen atoms in total. The molecule has 2 aliphatic carbocycles. The molecule has 1 aliphatic heterocycles. The lowest BCUT2D eigenvalue weighted by molar-refractivity contribution is -0.247. The van der Waals surface area contributed by atoms with Crippen LogP contribution in [0.3, 0.4) is 0 Å². The lowest BCUT2D eigenvalue weighted by Crippen LogP contribution is -2.52. The maximum Gasteiger partial charge on any atom is 0.202 e. The number of rotatable bonds is 5. The number of aliphatic hydroxyl groups is 2. The Bertz CT molecular complexity index is 1390. The SMILES string of the molecule is Br.COc1cccc2c1C(=O)c1c(O)c3c(c(O)c1C2=O)C[C@@](O)(C(=O)CBr)C[C@@H]3O[C@H]1C[C@@H](N)[C@H](O)[C@H](C)O1. The summed E-state index contributed by atoms with van der Waals surface area (Å²) in [6, 6.07) is 3.74. The van der Waals surface area contributed by atoms with Crippen molar-refractivity contribution in [3.05, 3.63) is 51.6 Å². The van der Waals surface area contributed by atoms with Crippen molar-refractivity contribution in [2.75, 3.05) is 12.4 Å². The van der Waals surface area contributed by atoms with Gasteiger partial charge in [0.2, 0.25) is 5.78 Å². The van der Waals surface area contributed by atoms with Crippen molar-refractivity contribution in [3.63, 3.8) is 0 Å². The largest absolute Gasteiger partial charge is 0.507 e. The predicted molar refractivity (Wildman–Crippen MR) is 149 cm³/mol. The van der Waals surface area contributed by atoms with Crippen LogP contribution in [0.15, 0.2) is 18.2 Å². The van der Waals surface area contributed by atoms with Crippen LogP contribution in [0.5, 0.6) is 17.2 Å². The van der Waals surface area contributed by atoms with E-state index in [-0.39, 0.29) is 63.2 Å². The fraction of sp³-hybridized carbons (Fsp3) is 0.444. The summed E-state index contributed by atoms with van der Waals surface area (Å²) in [5, 5.41) is 44.2. The molecule has 3 aliphatic rings. The van der Waals surface area contributed by atoms with Gasteiger partial charge >= 0.3 is 0 Å². The Morgan fingerprint density at radius 2 is 1.85 bits per heavy atom. The van der Waals surface area contributed by atoms with Gasteiger partial charge in [-0.1, -0.05) is 28.1 Å². The minimum absolute atomic E-state index is 0. The highest BCUT2D eigenvalue weighted by molar-refractivity contribution is 9.09. The van der Waals surface area contributed by atoms with Crippen LogP contribution in [0.4, 0.5) is 0 Å². The van der Waals surface area contributed by atoms with Gasteiger partial charge in [0.15, 0.2) is 17.9 Å². The van der Waals surface area contributed by atoms with Gasteiger partial charge in [-0.15, -0.1) is 17.0 Å². The number of ketones is 3. The molecule has 0 spiro atoms. The maximum absolute atomic E-state index is 13.7. The van der Waals surface area contributed by atoms with Gasteiger partial charge in [0.05, 0.1) is 47.4 Å². The molecule has 2 aromatic carbocycles.